The van der Waals surface area contributed by atoms with Gasteiger partial charge in [0, 0.05) is 42.8 Å². The highest BCUT2D eigenvalue weighted by molar-refractivity contribution is 6.01. The zero-order valence-corrected chi connectivity index (χ0v) is 13.9. The summed E-state index contributed by atoms with van der Waals surface area (Å²) in [6.07, 6.45) is 5.30. The van der Waals surface area contributed by atoms with Crippen molar-refractivity contribution in [1.29, 1.82) is 0 Å². The minimum Gasteiger partial charge on any atom is -0.351 e. The first-order valence-corrected chi connectivity index (χ1v) is 8.33. The maximum Gasteiger partial charge on any atom is 0.228 e. The molecule has 26 heavy (non-hydrogen) atoms. The number of amides is 2. The second-order valence-corrected chi connectivity index (χ2v) is 6.05. The van der Waals surface area contributed by atoms with Crippen LogP contribution in [0.5, 0.6) is 0 Å². The molecule has 3 aromatic rings. The fourth-order valence-electron chi connectivity index (χ4n) is 3.12. The van der Waals surface area contributed by atoms with Crippen LogP contribution in [-0.2, 0) is 16.1 Å². The molecule has 1 aliphatic heterocycles. The van der Waals surface area contributed by atoms with Crippen LogP contribution in [0.2, 0.25) is 0 Å². The Morgan fingerprint density at radius 1 is 1.19 bits per heavy atom. The highest BCUT2D eigenvalue weighted by Gasteiger charge is 2.30. The molecule has 0 bridgehead atoms. The molecule has 0 spiro atoms. The number of rotatable bonds is 4. The highest BCUT2D eigenvalue weighted by atomic mass is 16.2. The summed E-state index contributed by atoms with van der Waals surface area (Å²) in [5.74, 6) is -0.158. The molecule has 2 amide bonds. The standard InChI is InChI=1S/C19H17N5O2/c25-17-11-15(14-6-1-2-7-16(14)23-17)19(26)21-12-13-5-3-8-20-18(13)24-10-4-9-22-24/h1-10,15H,11-12H2,(H,21,26)(H,23,25)/t15-/m0/s1. The number of hydrogen-bond donors (Lipinski definition) is 2. The topological polar surface area (TPSA) is 88.9 Å². The highest BCUT2D eigenvalue weighted by Crippen LogP contribution is 2.32. The van der Waals surface area contributed by atoms with E-state index in [0.717, 1.165) is 11.1 Å². The van der Waals surface area contributed by atoms with E-state index in [9.17, 15) is 9.59 Å². The van der Waals surface area contributed by atoms with Crippen LogP contribution < -0.4 is 10.6 Å². The Balaban J connectivity index is 1.53. The summed E-state index contributed by atoms with van der Waals surface area (Å²) >= 11 is 0. The zero-order chi connectivity index (χ0) is 17.9. The number of hydrogen-bond acceptors (Lipinski definition) is 4. The molecule has 4 rings (SSSR count). The summed E-state index contributed by atoms with van der Waals surface area (Å²) in [4.78, 5) is 29.0. The molecule has 2 N–H and O–H groups in total. The third-order valence-electron chi connectivity index (χ3n) is 4.36. The molecule has 0 aliphatic carbocycles. The SMILES string of the molecule is O=C1C[C@H](C(=O)NCc2cccnc2-n2cccn2)c2ccccc2N1. The average Bonchev–Trinajstić information content (AvgIpc) is 3.20. The predicted octanol–water partition coefficient (Wildman–Crippen LogP) is 2.01. The van der Waals surface area contributed by atoms with Crippen LogP contribution in [0, 0.1) is 0 Å². The molecule has 3 heterocycles. The number of nitrogens with zero attached hydrogens (tertiary/aromatic N) is 3. The molecular weight excluding hydrogens is 330 g/mol. The smallest absolute Gasteiger partial charge is 0.228 e. The largest absolute Gasteiger partial charge is 0.351 e. The van der Waals surface area contributed by atoms with E-state index in [2.05, 4.69) is 20.7 Å². The monoisotopic (exact) mass is 347 g/mol. The summed E-state index contributed by atoms with van der Waals surface area (Å²) in [6.45, 7) is 0.308. The second kappa shape index (κ2) is 6.79. The lowest BCUT2D eigenvalue weighted by molar-refractivity contribution is -0.126. The van der Waals surface area contributed by atoms with Crippen molar-refractivity contribution >= 4 is 17.5 Å². The van der Waals surface area contributed by atoms with E-state index in [0.29, 0.717) is 18.1 Å². The number of aromatic nitrogens is 3. The quantitative estimate of drug-likeness (QED) is 0.755. The van der Waals surface area contributed by atoms with Gasteiger partial charge < -0.3 is 10.6 Å². The first kappa shape index (κ1) is 16.0. The summed E-state index contributed by atoms with van der Waals surface area (Å²) in [5, 5.41) is 9.93. The van der Waals surface area contributed by atoms with Crippen LogP contribution in [0.1, 0.15) is 23.5 Å². The number of benzene rings is 1. The summed E-state index contributed by atoms with van der Waals surface area (Å²) in [6, 6.07) is 12.9. The lowest BCUT2D eigenvalue weighted by atomic mass is 9.90. The van der Waals surface area contributed by atoms with Crippen LogP contribution in [0.15, 0.2) is 61.1 Å². The van der Waals surface area contributed by atoms with Gasteiger partial charge in [-0.3, -0.25) is 9.59 Å². The van der Waals surface area contributed by atoms with Crippen molar-refractivity contribution in [2.75, 3.05) is 5.32 Å². The van der Waals surface area contributed by atoms with Crippen molar-refractivity contribution in [3.8, 4) is 5.82 Å². The van der Waals surface area contributed by atoms with Crippen molar-refractivity contribution < 1.29 is 9.59 Å². The Morgan fingerprint density at radius 2 is 2.08 bits per heavy atom. The summed E-state index contributed by atoms with van der Waals surface area (Å²) in [7, 11) is 0. The van der Waals surface area contributed by atoms with Gasteiger partial charge in [0.25, 0.3) is 0 Å². The van der Waals surface area contributed by atoms with E-state index >= 15 is 0 Å². The zero-order valence-electron chi connectivity index (χ0n) is 13.9. The van der Waals surface area contributed by atoms with Gasteiger partial charge in [-0.15, -0.1) is 0 Å². The van der Waals surface area contributed by atoms with Gasteiger partial charge in [0.15, 0.2) is 5.82 Å². The van der Waals surface area contributed by atoms with Gasteiger partial charge in [0.05, 0.1) is 5.92 Å². The minimum absolute atomic E-state index is 0.141. The van der Waals surface area contributed by atoms with Crippen LogP contribution in [0.4, 0.5) is 5.69 Å². The molecule has 0 radical (unpaired) electrons. The summed E-state index contributed by atoms with van der Waals surface area (Å²) < 4.78 is 1.66. The van der Waals surface area contributed by atoms with Crippen molar-refractivity contribution in [2.24, 2.45) is 0 Å². The number of carbonyl (C=O) groups excluding carboxylic acids is 2. The molecule has 1 atom stereocenters. The van der Waals surface area contributed by atoms with Gasteiger partial charge in [-0.05, 0) is 23.8 Å². The van der Waals surface area contributed by atoms with Gasteiger partial charge in [0.2, 0.25) is 11.8 Å². The van der Waals surface area contributed by atoms with Crippen molar-refractivity contribution in [2.45, 2.75) is 18.9 Å². The molecule has 0 unspecified atom stereocenters. The molecule has 130 valence electrons. The first-order chi connectivity index (χ1) is 12.7. The molecule has 0 fully saturated rings. The van der Waals surface area contributed by atoms with E-state index in [1.54, 1.807) is 23.3 Å². The molecular formula is C19H17N5O2. The molecule has 2 aromatic heterocycles. The van der Waals surface area contributed by atoms with E-state index in [-0.39, 0.29) is 18.2 Å². The van der Waals surface area contributed by atoms with E-state index in [4.69, 9.17) is 0 Å². The predicted molar refractivity (Wildman–Crippen MR) is 95.6 cm³/mol. The maximum absolute atomic E-state index is 12.7. The average molecular weight is 347 g/mol. The fraction of sp³-hybridized carbons (Fsp3) is 0.158. The van der Waals surface area contributed by atoms with E-state index in [1.807, 2.05) is 42.5 Å². The van der Waals surface area contributed by atoms with Crippen molar-refractivity contribution in [3.05, 3.63) is 72.2 Å². The van der Waals surface area contributed by atoms with Gasteiger partial charge in [-0.2, -0.15) is 5.10 Å². The van der Waals surface area contributed by atoms with Crippen molar-refractivity contribution in [1.82, 2.24) is 20.1 Å². The van der Waals surface area contributed by atoms with E-state index in [1.165, 1.54) is 0 Å². The number of anilines is 1. The fourth-order valence-corrected chi connectivity index (χ4v) is 3.12. The molecule has 1 aromatic carbocycles. The van der Waals surface area contributed by atoms with Crippen LogP contribution >= 0.6 is 0 Å². The number of pyridine rings is 1. The molecule has 0 saturated carbocycles. The molecule has 7 heteroatoms. The maximum atomic E-state index is 12.7. The van der Waals surface area contributed by atoms with Gasteiger partial charge in [-0.1, -0.05) is 24.3 Å². The number of para-hydroxylation sites is 1. The number of nitrogens with one attached hydrogen (secondary N) is 2. The lowest BCUT2D eigenvalue weighted by Crippen LogP contribution is -2.35. The first-order valence-electron chi connectivity index (χ1n) is 8.33. The van der Waals surface area contributed by atoms with Crippen LogP contribution in [0.25, 0.3) is 5.82 Å². The van der Waals surface area contributed by atoms with Gasteiger partial charge >= 0.3 is 0 Å². The number of fused-ring (bicyclic) bond motifs is 1. The number of carbonyl (C=O) groups is 2. The van der Waals surface area contributed by atoms with E-state index < -0.39 is 5.92 Å². The van der Waals surface area contributed by atoms with Crippen molar-refractivity contribution in [3.63, 3.8) is 0 Å². The third-order valence-corrected chi connectivity index (χ3v) is 4.36. The Kier molecular flexibility index (Phi) is 4.18. The second-order valence-electron chi connectivity index (χ2n) is 6.05. The lowest BCUT2D eigenvalue weighted by Gasteiger charge is -2.24. The van der Waals surface area contributed by atoms with Gasteiger partial charge in [0.1, 0.15) is 0 Å². The van der Waals surface area contributed by atoms with Gasteiger partial charge in [-0.25, -0.2) is 9.67 Å². The minimum atomic E-state index is -0.496. The van der Waals surface area contributed by atoms with Crippen LogP contribution in [0.3, 0.4) is 0 Å². The Labute approximate surface area is 150 Å². The normalized spacial score (nSPS) is 15.8. The Hall–Kier alpha value is -3.48. The molecule has 1 aliphatic rings. The molecule has 7 nitrogen and oxygen atoms in total. The third kappa shape index (κ3) is 3.06. The Bertz CT molecular complexity index is 952. The Morgan fingerprint density at radius 3 is 2.92 bits per heavy atom. The summed E-state index contributed by atoms with van der Waals surface area (Å²) in [5.41, 5.74) is 2.38. The van der Waals surface area contributed by atoms with Crippen LogP contribution in [-0.4, -0.2) is 26.6 Å². The molecule has 0 saturated heterocycles.